The van der Waals surface area contributed by atoms with Gasteiger partial charge in [0.1, 0.15) is 6.04 Å². The summed E-state index contributed by atoms with van der Waals surface area (Å²) in [4.78, 5) is 42.2. The van der Waals surface area contributed by atoms with Crippen molar-refractivity contribution in [2.45, 2.75) is 44.7 Å². The van der Waals surface area contributed by atoms with Crippen molar-refractivity contribution in [3.8, 4) is 0 Å². The molecule has 2 saturated heterocycles. The molecule has 2 amide bonds. The molecule has 0 aromatic heterocycles. The number of hydrogen-bond acceptors (Lipinski definition) is 5. The molecule has 2 aromatic carbocycles. The Morgan fingerprint density at radius 3 is 2.68 bits per heavy atom. The van der Waals surface area contributed by atoms with E-state index in [9.17, 15) is 14.4 Å². The van der Waals surface area contributed by atoms with E-state index in [2.05, 4.69) is 16.8 Å². The van der Waals surface area contributed by atoms with Crippen LogP contribution in [0.25, 0.3) is 0 Å². The van der Waals surface area contributed by atoms with Crippen molar-refractivity contribution in [2.24, 2.45) is 0 Å². The van der Waals surface area contributed by atoms with E-state index in [0.29, 0.717) is 54.1 Å². The Bertz CT molecular complexity index is 1240. The SMILES string of the molecule is C=C1CCC(N2Cc3cc(CCC(=O)c4ccc(CCN5CCOCC5)c(Cl)c4)ccc3C2=O)C(=O)N1. The zero-order chi connectivity index (χ0) is 25.9. The highest BCUT2D eigenvalue weighted by Crippen LogP contribution is 2.29. The molecule has 7 nitrogen and oxygen atoms in total. The van der Waals surface area contributed by atoms with Crippen molar-refractivity contribution >= 4 is 29.2 Å². The van der Waals surface area contributed by atoms with Crippen molar-refractivity contribution in [1.82, 2.24) is 15.1 Å². The Kier molecular flexibility index (Phi) is 7.74. The van der Waals surface area contributed by atoms with Gasteiger partial charge >= 0.3 is 0 Å². The normalized spacial score (nSPS) is 20.2. The summed E-state index contributed by atoms with van der Waals surface area (Å²) in [6.07, 6.45) is 3.02. The van der Waals surface area contributed by atoms with Crippen LogP contribution in [0.5, 0.6) is 0 Å². The number of fused-ring (bicyclic) bond motifs is 1. The van der Waals surface area contributed by atoms with Crippen LogP contribution in [-0.2, 0) is 28.9 Å². The molecule has 1 atom stereocenters. The molecule has 0 bridgehead atoms. The smallest absolute Gasteiger partial charge is 0.255 e. The van der Waals surface area contributed by atoms with Gasteiger partial charge in [0.2, 0.25) is 5.91 Å². The van der Waals surface area contributed by atoms with Gasteiger partial charge in [0.05, 0.1) is 13.2 Å². The molecule has 0 aliphatic carbocycles. The number of morpholine rings is 1. The van der Waals surface area contributed by atoms with Crippen LogP contribution >= 0.6 is 11.6 Å². The van der Waals surface area contributed by atoms with Gasteiger partial charge in [0, 0.05) is 54.4 Å². The number of ketones is 1. The van der Waals surface area contributed by atoms with Gasteiger partial charge in [-0.05, 0) is 54.5 Å². The van der Waals surface area contributed by atoms with Gasteiger partial charge in [0.25, 0.3) is 5.91 Å². The molecule has 3 aliphatic rings. The van der Waals surface area contributed by atoms with Gasteiger partial charge in [0.15, 0.2) is 5.78 Å². The van der Waals surface area contributed by atoms with E-state index in [-0.39, 0.29) is 17.6 Å². The molecule has 1 unspecified atom stereocenters. The first-order valence-electron chi connectivity index (χ1n) is 12.9. The Morgan fingerprint density at radius 2 is 1.92 bits per heavy atom. The fraction of sp³-hybridized carbons (Fsp3) is 0.414. The van der Waals surface area contributed by atoms with E-state index in [1.807, 2.05) is 30.3 Å². The summed E-state index contributed by atoms with van der Waals surface area (Å²) >= 11 is 6.52. The van der Waals surface area contributed by atoms with Crippen LogP contribution < -0.4 is 5.32 Å². The molecular formula is C29H32ClN3O4. The Balaban J connectivity index is 1.17. The third kappa shape index (κ3) is 5.79. The largest absolute Gasteiger partial charge is 0.379 e. The first kappa shape index (κ1) is 25.6. The molecular weight excluding hydrogens is 490 g/mol. The Morgan fingerprint density at radius 1 is 1.11 bits per heavy atom. The standard InChI is InChI=1S/C29H32ClN3O4/c1-19-2-8-26(28(35)31-19)33-18-23-16-20(3-7-24(23)29(33)36)4-9-27(34)22-6-5-21(25(30)17-22)10-11-32-12-14-37-15-13-32/h3,5-7,16-17,26H,1-2,4,8-15,18H2,(H,31,35). The van der Waals surface area contributed by atoms with E-state index in [0.717, 1.165) is 56.0 Å². The average Bonchev–Trinajstić information content (AvgIpc) is 3.22. The molecule has 0 spiro atoms. The maximum Gasteiger partial charge on any atom is 0.255 e. The van der Waals surface area contributed by atoms with E-state index in [1.54, 1.807) is 11.0 Å². The molecule has 0 saturated carbocycles. The maximum absolute atomic E-state index is 12.9. The number of Topliss-reactive ketones (excluding diaryl/α,β-unsaturated/α-hetero) is 1. The predicted molar refractivity (Wildman–Crippen MR) is 142 cm³/mol. The fourth-order valence-electron chi connectivity index (χ4n) is 5.29. The first-order chi connectivity index (χ1) is 17.9. The second-order valence-electron chi connectivity index (χ2n) is 10.0. The molecule has 37 heavy (non-hydrogen) atoms. The van der Waals surface area contributed by atoms with Crippen LogP contribution in [0.15, 0.2) is 48.7 Å². The molecule has 8 heteroatoms. The number of hydrogen-bond donors (Lipinski definition) is 1. The number of carbonyl (C=O) groups excluding carboxylic acids is 3. The third-order valence-corrected chi connectivity index (χ3v) is 7.87. The number of carbonyl (C=O) groups is 3. The summed E-state index contributed by atoms with van der Waals surface area (Å²) in [5.74, 6) is -0.249. The summed E-state index contributed by atoms with van der Waals surface area (Å²) in [6.45, 7) is 8.57. The molecule has 0 radical (unpaired) electrons. The Labute approximate surface area is 222 Å². The van der Waals surface area contributed by atoms with Crippen molar-refractivity contribution in [2.75, 3.05) is 32.8 Å². The predicted octanol–water partition coefficient (Wildman–Crippen LogP) is 3.78. The first-order valence-corrected chi connectivity index (χ1v) is 13.3. The number of piperidine rings is 1. The molecule has 3 heterocycles. The van der Waals surface area contributed by atoms with Gasteiger partial charge in [-0.1, -0.05) is 42.4 Å². The van der Waals surface area contributed by atoms with Gasteiger partial charge in [-0.25, -0.2) is 0 Å². The molecule has 1 N–H and O–H groups in total. The minimum Gasteiger partial charge on any atom is -0.379 e. The zero-order valence-electron chi connectivity index (χ0n) is 20.9. The van der Waals surface area contributed by atoms with Crippen LogP contribution in [-0.4, -0.2) is 66.3 Å². The van der Waals surface area contributed by atoms with E-state index >= 15 is 0 Å². The highest BCUT2D eigenvalue weighted by molar-refractivity contribution is 6.31. The number of nitrogens with one attached hydrogen (secondary N) is 1. The number of allylic oxidation sites excluding steroid dienone is 1. The van der Waals surface area contributed by atoms with Crippen LogP contribution in [0.2, 0.25) is 5.02 Å². The van der Waals surface area contributed by atoms with Crippen molar-refractivity contribution in [1.29, 1.82) is 0 Å². The van der Waals surface area contributed by atoms with E-state index in [1.165, 1.54) is 0 Å². The lowest BCUT2D eigenvalue weighted by atomic mass is 9.99. The summed E-state index contributed by atoms with van der Waals surface area (Å²) in [5, 5.41) is 3.39. The maximum atomic E-state index is 12.9. The molecule has 5 rings (SSSR count). The monoisotopic (exact) mass is 521 g/mol. The quantitative estimate of drug-likeness (QED) is 0.535. The molecule has 194 valence electrons. The van der Waals surface area contributed by atoms with Gasteiger partial charge in [-0.3, -0.25) is 19.3 Å². The van der Waals surface area contributed by atoms with Crippen molar-refractivity contribution in [3.05, 3.63) is 81.5 Å². The van der Waals surface area contributed by atoms with Crippen molar-refractivity contribution < 1.29 is 19.1 Å². The number of amides is 2. The number of rotatable bonds is 8. The van der Waals surface area contributed by atoms with E-state index in [4.69, 9.17) is 16.3 Å². The summed E-state index contributed by atoms with van der Waals surface area (Å²) < 4.78 is 5.40. The van der Waals surface area contributed by atoms with Crippen LogP contribution in [0.3, 0.4) is 0 Å². The lowest BCUT2D eigenvalue weighted by molar-refractivity contribution is -0.126. The number of halogens is 1. The molecule has 3 aliphatic heterocycles. The fourth-order valence-corrected chi connectivity index (χ4v) is 5.57. The third-order valence-electron chi connectivity index (χ3n) is 7.52. The van der Waals surface area contributed by atoms with Crippen LogP contribution in [0.1, 0.15) is 56.7 Å². The van der Waals surface area contributed by atoms with Gasteiger partial charge in [-0.2, -0.15) is 0 Å². The number of benzene rings is 2. The summed E-state index contributed by atoms with van der Waals surface area (Å²) in [5.41, 5.74) is 4.89. The topological polar surface area (TPSA) is 79.0 Å². The second-order valence-corrected chi connectivity index (χ2v) is 10.4. The van der Waals surface area contributed by atoms with Crippen molar-refractivity contribution in [3.63, 3.8) is 0 Å². The Hall–Kier alpha value is -3.00. The summed E-state index contributed by atoms with van der Waals surface area (Å²) in [6, 6.07) is 10.8. The lowest BCUT2D eigenvalue weighted by Crippen LogP contribution is -2.49. The van der Waals surface area contributed by atoms with Crippen LogP contribution in [0, 0.1) is 0 Å². The minimum atomic E-state index is -0.475. The molecule has 2 aromatic rings. The number of nitrogens with zero attached hydrogens (tertiary/aromatic N) is 2. The summed E-state index contributed by atoms with van der Waals surface area (Å²) in [7, 11) is 0. The van der Waals surface area contributed by atoms with Crippen LogP contribution in [0.4, 0.5) is 0 Å². The highest BCUT2D eigenvalue weighted by atomic mass is 35.5. The lowest BCUT2D eigenvalue weighted by Gasteiger charge is -2.30. The highest BCUT2D eigenvalue weighted by Gasteiger charge is 2.38. The minimum absolute atomic E-state index is 0.0407. The van der Waals surface area contributed by atoms with Gasteiger partial charge < -0.3 is 15.0 Å². The van der Waals surface area contributed by atoms with Gasteiger partial charge in [-0.15, -0.1) is 0 Å². The number of aryl methyl sites for hydroxylation is 1. The number of ether oxygens (including phenoxy) is 1. The second kappa shape index (κ2) is 11.2. The molecule has 2 fully saturated rings. The zero-order valence-corrected chi connectivity index (χ0v) is 21.7. The average molecular weight is 522 g/mol. The van der Waals surface area contributed by atoms with E-state index < -0.39 is 6.04 Å².